The summed E-state index contributed by atoms with van der Waals surface area (Å²) in [5, 5.41) is 3.94. The maximum absolute atomic E-state index is 4.46. The lowest BCUT2D eigenvalue weighted by Gasteiger charge is -2.04. The van der Waals surface area contributed by atoms with Crippen molar-refractivity contribution in [3.8, 4) is 0 Å². The van der Waals surface area contributed by atoms with Crippen LogP contribution in [0.25, 0.3) is 11.2 Å². The summed E-state index contributed by atoms with van der Waals surface area (Å²) in [4.78, 5) is 16.0. The van der Waals surface area contributed by atoms with E-state index in [1.54, 1.807) is 18.1 Å². The molecule has 5 nitrogen and oxygen atoms in total. The van der Waals surface area contributed by atoms with E-state index in [4.69, 9.17) is 0 Å². The summed E-state index contributed by atoms with van der Waals surface area (Å²) >= 11 is 1.76. The number of unbranched alkanes of at least 4 members (excludes halogenated alkanes) is 2. The molecule has 92 valence electrons. The Morgan fingerprint density at radius 1 is 1.35 bits per heavy atom. The van der Waals surface area contributed by atoms with Gasteiger partial charge in [0.1, 0.15) is 10.5 Å². The third-order valence-corrected chi connectivity index (χ3v) is 3.52. The zero-order valence-electron chi connectivity index (χ0n) is 10.2. The van der Waals surface area contributed by atoms with Gasteiger partial charge in [0.05, 0.1) is 6.33 Å². The highest BCUT2D eigenvalue weighted by atomic mass is 32.2. The number of hydrogen-bond donors (Lipinski definition) is 2. The number of aromatic nitrogens is 4. The SMILES string of the molecule is CCCCCSc1nc(NC)nc2nc[nH]c12. The molecule has 0 atom stereocenters. The fourth-order valence-corrected chi connectivity index (χ4v) is 2.53. The van der Waals surface area contributed by atoms with Gasteiger partial charge in [0.2, 0.25) is 5.95 Å². The molecule has 0 saturated carbocycles. The maximum atomic E-state index is 4.46. The highest BCUT2D eigenvalue weighted by Crippen LogP contribution is 2.25. The van der Waals surface area contributed by atoms with E-state index in [2.05, 4.69) is 32.2 Å². The number of aromatic amines is 1. The second kappa shape index (κ2) is 5.86. The highest BCUT2D eigenvalue weighted by molar-refractivity contribution is 7.99. The third-order valence-electron chi connectivity index (χ3n) is 2.46. The normalized spacial score (nSPS) is 10.9. The molecule has 0 aliphatic carbocycles. The van der Waals surface area contributed by atoms with Gasteiger partial charge in [-0.05, 0) is 12.2 Å². The van der Waals surface area contributed by atoms with Crippen LogP contribution in [0.2, 0.25) is 0 Å². The van der Waals surface area contributed by atoms with E-state index in [-0.39, 0.29) is 0 Å². The summed E-state index contributed by atoms with van der Waals surface area (Å²) in [6.45, 7) is 2.21. The molecule has 0 spiro atoms. The minimum Gasteiger partial charge on any atom is -0.357 e. The molecule has 0 radical (unpaired) electrons. The molecule has 6 heteroatoms. The number of imidazole rings is 1. The Labute approximate surface area is 105 Å². The first-order valence-electron chi connectivity index (χ1n) is 5.86. The topological polar surface area (TPSA) is 66.5 Å². The predicted octanol–water partition coefficient (Wildman–Crippen LogP) is 2.68. The first kappa shape index (κ1) is 12.2. The minimum atomic E-state index is 0.627. The lowest BCUT2D eigenvalue weighted by molar-refractivity contribution is 0.778. The molecule has 0 aliphatic rings. The monoisotopic (exact) mass is 251 g/mol. The number of nitrogens with zero attached hydrogens (tertiary/aromatic N) is 3. The first-order chi connectivity index (χ1) is 8.35. The second-order valence-electron chi connectivity index (χ2n) is 3.76. The van der Waals surface area contributed by atoms with Crippen molar-refractivity contribution in [2.75, 3.05) is 18.1 Å². The van der Waals surface area contributed by atoms with E-state index in [0.29, 0.717) is 5.95 Å². The van der Waals surface area contributed by atoms with Crippen LogP contribution >= 0.6 is 11.8 Å². The van der Waals surface area contributed by atoms with Crippen LogP contribution in [0.1, 0.15) is 26.2 Å². The van der Waals surface area contributed by atoms with Gasteiger partial charge in [0, 0.05) is 7.05 Å². The fraction of sp³-hybridized carbons (Fsp3) is 0.545. The Morgan fingerprint density at radius 3 is 3.00 bits per heavy atom. The van der Waals surface area contributed by atoms with Gasteiger partial charge in [-0.25, -0.2) is 9.97 Å². The van der Waals surface area contributed by atoms with Gasteiger partial charge in [-0.1, -0.05) is 19.8 Å². The quantitative estimate of drug-likeness (QED) is 0.469. The standard InChI is InChI=1S/C11H17N5S/c1-3-4-5-6-17-10-8-9(14-7-13-8)15-11(12-2)16-10/h7H,3-6H2,1-2H3,(H2,12,13,14,15,16). The van der Waals surface area contributed by atoms with E-state index >= 15 is 0 Å². The number of anilines is 1. The molecule has 2 aromatic heterocycles. The number of hydrogen-bond acceptors (Lipinski definition) is 5. The average molecular weight is 251 g/mol. The Kier molecular flexibility index (Phi) is 4.19. The van der Waals surface area contributed by atoms with Crippen molar-refractivity contribution >= 4 is 28.9 Å². The third kappa shape index (κ3) is 2.88. The largest absolute Gasteiger partial charge is 0.357 e. The summed E-state index contributed by atoms with van der Waals surface area (Å²) in [7, 11) is 1.82. The summed E-state index contributed by atoms with van der Waals surface area (Å²) < 4.78 is 0. The van der Waals surface area contributed by atoms with Gasteiger partial charge in [-0.15, -0.1) is 11.8 Å². The smallest absolute Gasteiger partial charge is 0.225 e. The van der Waals surface area contributed by atoms with Crippen molar-refractivity contribution in [3.05, 3.63) is 6.33 Å². The molecule has 2 heterocycles. The lowest BCUT2D eigenvalue weighted by atomic mass is 10.3. The molecule has 0 aliphatic heterocycles. The Balaban J connectivity index is 2.16. The molecule has 0 fully saturated rings. The second-order valence-corrected chi connectivity index (χ2v) is 4.84. The number of fused-ring (bicyclic) bond motifs is 1. The summed E-state index contributed by atoms with van der Waals surface area (Å²) in [5.41, 5.74) is 1.66. The van der Waals surface area contributed by atoms with E-state index in [1.165, 1.54) is 19.3 Å². The highest BCUT2D eigenvalue weighted by Gasteiger charge is 2.09. The Hall–Kier alpha value is -1.30. The molecule has 17 heavy (non-hydrogen) atoms. The molecule has 0 saturated heterocycles. The average Bonchev–Trinajstić information content (AvgIpc) is 2.82. The van der Waals surface area contributed by atoms with Crippen molar-refractivity contribution in [3.63, 3.8) is 0 Å². The fourth-order valence-electron chi connectivity index (χ4n) is 1.54. The first-order valence-corrected chi connectivity index (χ1v) is 6.85. The summed E-state index contributed by atoms with van der Waals surface area (Å²) in [5.74, 6) is 1.71. The van der Waals surface area contributed by atoms with Crippen LogP contribution in [0, 0.1) is 0 Å². The molecule has 0 amide bonds. The lowest BCUT2D eigenvalue weighted by Crippen LogP contribution is -1.98. The van der Waals surface area contributed by atoms with Gasteiger partial charge in [0.15, 0.2) is 5.65 Å². The molecule has 0 aromatic carbocycles. The van der Waals surface area contributed by atoms with Crippen LogP contribution in [0.15, 0.2) is 11.4 Å². The van der Waals surface area contributed by atoms with Crippen molar-refractivity contribution < 1.29 is 0 Å². The number of thioether (sulfide) groups is 1. The van der Waals surface area contributed by atoms with Crippen molar-refractivity contribution in [1.82, 2.24) is 19.9 Å². The molecule has 2 rings (SSSR count). The van der Waals surface area contributed by atoms with Crippen LogP contribution in [0.3, 0.4) is 0 Å². The molecule has 2 aromatic rings. The van der Waals surface area contributed by atoms with Gasteiger partial charge < -0.3 is 10.3 Å². The van der Waals surface area contributed by atoms with E-state index < -0.39 is 0 Å². The van der Waals surface area contributed by atoms with Crippen LogP contribution in [0.5, 0.6) is 0 Å². The van der Waals surface area contributed by atoms with Crippen molar-refractivity contribution in [2.24, 2.45) is 0 Å². The van der Waals surface area contributed by atoms with Crippen LogP contribution < -0.4 is 5.32 Å². The van der Waals surface area contributed by atoms with Gasteiger partial charge in [0.25, 0.3) is 0 Å². The van der Waals surface area contributed by atoms with Gasteiger partial charge >= 0.3 is 0 Å². The molecule has 0 bridgehead atoms. The van der Waals surface area contributed by atoms with E-state index in [9.17, 15) is 0 Å². The predicted molar refractivity (Wildman–Crippen MR) is 71.5 cm³/mol. The summed E-state index contributed by atoms with van der Waals surface area (Å²) in [6.07, 6.45) is 5.39. The van der Waals surface area contributed by atoms with Crippen LogP contribution in [0.4, 0.5) is 5.95 Å². The van der Waals surface area contributed by atoms with Crippen molar-refractivity contribution in [2.45, 2.75) is 31.2 Å². The van der Waals surface area contributed by atoms with E-state index in [1.807, 2.05) is 7.05 Å². The molecule has 2 N–H and O–H groups in total. The molecule has 0 unspecified atom stereocenters. The van der Waals surface area contributed by atoms with Crippen LogP contribution in [-0.4, -0.2) is 32.7 Å². The zero-order valence-corrected chi connectivity index (χ0v) is 11.0. The van der Waals surface area contributed by atoms with Gasteiger partial charge in [-0.3, -0.25) is 0 Å². The molecular weight excluding hydrogens is 234 g/mol. The number of H-pyrrole nitrogens is 1. The van der Waals surface area contributed by atoms with Gasteiger partial charge in [-0.2, -0.15) is 4.98 Å². The Morgan fingerprint density at radius 2 is 2.24 bits per heavy atom. The van der Waals surface area contributed by atoms with Crippen LogP contribution in [-0.2, 0) is 0 Å². The minimum absolute atomic E-state index is 0.627. The number of rotatable bonds is 6. The van der Waals surface area contributed by atoms with Crippen molar-refractivity contribution in [1.29, 1.82) is 0 Å². The Bertz CT molecular complexity index is 482. The van der Waals surface area contributed by atoms with E-state index in [0.717, 1.165) is 21.9 Å². The maximum Gasteiger partial charge on any atom is 0.225 e. The molecular formula is C11H17N5S. The number of nitrogens with one attached hydrogen (secondary N) is 2. The zero-order chi connectivity index (χ0) is 12.1. The summed E-state index contributed by atoms with van der Waals surface area (Å²) in [6, 6.07) is 0.